The molecule has 0 aliphatic carbocycles. The number of carbonyl (C=O) groups excluding carboxylic acids is 1. The Bertz CT molecular complexity index is 720. The van der Waals surface area contributed by atoms with Crippen LogP contribution in [0, 0.1) is 5.92 Å². The Labute approximate surface area is 148 Å². The van der Waals surface area contributed by atoms with Crippen molar-refractivity contribution >= 4 is 21.9 Å². The number of rotatable bonds is 7. The van der Waals surface area contributed by atoms with Gasteiger partial charge in [-0.25, -0.2) is 17.9 Å². The minimum Gasteiger partial charge on any atom is -0.480 e. The topological polar surface area (TPSA) is 113 Å². The van der Waals surface area contributed by atoms with Crippen LogP contribution in [0.1, 0.15) is 51.4 Å². The highest BCUT2D eigenvalue weighted by atomic mass is 32.2. The molecule has 8 heteroatoms. The van der Waals surface area contributed by atoms with Gasteiger partial charge in [0.15, 0.2) is 0 Å². The third-order valence-corrected chi connectivity index (χ3v) is 5.41. The van der Waals surface area contributed by atoms with Crippen molar-refractivity contribution in [1.82, 2.24) is 10.0 Å². The summed E-state index contributed by atoms with van der Waals surface area (Å²) in [6, 6.07) is 4.37. The van der Waals surface area contributed by atoms with Gasteiger partial charge in [0.2, 0.25) is 10.0 Å². The standard InChI is InChI=1S/C17H26N2O5S/c1-6-11(2)14(16(21)22)18-15(20)12-7-9-13(10-8-12)25(23,24)19-17(3,4)5/h7-11,14,19H,6H2,1-5H3,(H,18,20)(H,21,22). The second-order valence-corrected chi connectivity index (χ2v) is 8.74. The fourth-order valence-corrected chi connectivity index (χ4v) is 3.57. The second-order valence-electron chi connectivity index (χ2n) is 7.05. The van der Waals surface area contributed by atoms with Crippen LogP contribution in [0.2, 0.25) is 0 Å². The molecule has 2 unspecified atom stereocenters. The van der Waals surface area contributed by atoms with Crippen molar-refractivity contribution in [2.75, 3.05) is 0 Å². The molecule has 25 heavy (non-hydrogen) atoms. The smallest absolute Gasteiger partial charge is 0.326 e. The van der Waals surface area contributed by atoms with Crippen molar-refractivity contribution in [3.63, 3.8) is 0 Å². The van der Waals surface area contributed by atoms with Gasteiger partial charge >= 0.3 is 5.97 Å². The lowest BCUT2D eigenvalue weighted by Gasteiger charge is -2.21. The van der Waals surface area contributed by atoms with Gasteiger partial charge in [-0.3, -0.25) is 4.79 Å². The van der Waals surface area contributed by atoms with E-state index in [2.05, 4.69) is 10.0 Å². The molecule has 0 saturated carbocycles. The summed E-state index contributed by atoms with van der Waals surface area (Å²) >= 11 is 0. The van der Waals surface area contributed by atoms with Crippen molar-refractivity contribution in [3.05, 3.63) is 29.8 Å². The summed E-state index contributed by atoms with van der Waals surface area (Å²) in [4.78, 5) is 23.6. The van der Waals surface area contributed by atoms with Crippen LogP contribution in [0.3, 0.4) is 0 Å². The first kappa shape index (κ1) is 21.1. The number of hydrogen-bond donors (Lipinski definition) is 3. The summed E-state index contributed by atoms with van der Waals surface area (Å²) in [5.41, 5.74) is -0.427. The first-order valence-electron chi connectivity index (χ1n) is 8.05. The molecule has 0 aliphatic heterocycles. The van der Waals surface area contributed by atoms with E-state index in [1.54, 1.807) is 27.7 Å². The molecular weight excluding hydrogens is 344 g/mol. The molecule has 0 fully saturated rings. The number of benzene rings is 1. The predicted octanol–water partition coefficient (Wildman–Crippen LogP) is 1.99. The average molecular weight is 370 g/mol. The van der Waals surface area contributed by atoms with Crippen LogP contribution < -0.4 is 10.0 Å². The lowest BCUT2D eigenvalue weighted by Crippen LogP contribution is -2.45. The first-order chi connectivity index (χ1) is 11.4. The normalized spacial score (nSPS) is 14.6. The highest BCUT2D eigenvalue weighted by Crippen LogP contribution is 2.15. The number of nitrogens with one attached hydrogen (secondary N) is 2. The molecule has 3 N–H and O–H groups in total. The summed E-state index contributed by atoms with van der Waals surface area (Å²) in [6.45, 7) is 8.77. The van der Waals surface area contributed by atoms with Crippen LogP contribution in [0.25, 0.3) is 0 Å². The molecule has 0 heterocycles. The zero-order chi connectivity index (χ0) is 19.4. The number of carboxylic acid groups (broad SMARTS) is 1. The molecule has 1 aromatic carbocycles. The molecule has 7 nitrogen and oxygen atoms in total. The molecule has 0 radical (unpaired) electrons. The minimum atomic E-state index is -3.69. The fourth-order valence-electron chi connectivity index (χ4n) is 2.16. The van der Waals surface area contributed by atoms with Crippen LogP contribution in [0.15, 0.2) is 29.2 Å². The highest BCUT2D eigenvalue weighted by Gasteiger charge is 2.26. The average Bonchev–Trinajstić information content (AvgIpc) is 2.49. The van der Waals surface area contributed by atoms with Crippen LogP contribution >= 0.6 is 0 Å². The monoisotopic (exact) mass is 370 g/mol. The lowest BCUT2D eigenvalue weighted by molar-refractivity contribution is -0.140. The predicted molar refractivity (Wildman–Crippen MR) is 94.9 cm³/mol. The van der Waals surface area contributed by atoms with E-state index in [1.807, 2.05) is 6.92 Å². The van der Waals surface area contributed by atoms with Gasteiger partial charge < -0.3 is 10.4 Å². The molecule has 2 atom stereocenters. The van der Waals surface area contributed by atoms with Crippen LogP contribution in [0.4, 0.5) is 0 Å². The molecule has 0 spiro atoms. The van der Waals surface area contributed by atoms with E-state index in [0.717, 1.165) is 0 Å². The van der Waals surface area contributed by atoms with Crippen molar-refractivity contribution in [3.8, 4) is 0 Å². The number of amides is 1. The van der Waals surface area contributed by atoms with Crippen molar-refractivity contribution < 1.29 is 23.1 Å². The SMILES string of the molecule is CCC(C)C(NC(=O)c1ccc(S(=O)(=O)NC(C)(C)C)cc1)C(=O)O. The molecule has 0 aromatic heterocycles. The quantitative estimate of drug-likeness (QED) is 0.679. The minimum absolute atomic E-state index is 0.0377. The van der Waals surface area contributed by atoms with E-state index in [4.69, 9.17) is 0 Å². The maximum Gasteiger partial charge on any atom is 0.326 e. The fraction of sp³-hybridized carbons (Fsp3) is 0.529. The molecule has 1 amide bonds. The molecule has 1 aromatic rings. The van der Waals surface area contributed by atoms with Gasteiger partial charge in [0.1, 0.15) is 6.04 Å². The summed E-state index contributed by atoms with van der Waals surface area (Å²) < 4.78 is 27.0. The van der Waals surface area contributed by atoms with E-state index in [-0.39, 0.29) is 16.4 Å². The van der Waals surface area contributed by atoms with E-state index < -0.39 is 33.5 Å². The number of sulfonamides is 1. The molecule has 1 rings (SSSR count). The van der Waals surface area contributed by atoms with Crippen LogP contribution in [-0.4, -0.2) is 37.0 Å². The maximum atomic E-state index is 12.2. The van der Waals surface area contributed by atoms with Gasteiger partial charge in [0.25, 0.3) is 5.91 Å². The number of hydrogen-bond acceptors (Lipinski definition) is 4. The Kier molecular flexibility index (Phi) is 6.73. The van der Waals surface area contributed by atoms with E-state index in [1.165, 1.54) is 24.3 Å². The maximum absolute atomic E-state index is 12.2. The summed E-state index contributed by atoms with van der Waals surface area (Å²) in [5.74, 6) is -1.88. The summed E-state index contributed by atoms with van der Waals surface area (Å²) in [7, 11) is -3.69. The van der Waals surface area contributed by atoms with E-state index in [0.29, 0.717) is 6.42 Å². The molecular formula is C17H26N2O5S. The molecule has 0 bridgehead atoms. The van der Waals surface area contributed by atoms with E-state index in [9.17, 15) is 23.1 Å². The van der Waals surface area contributed by atoms with Crippen molar-refractivity contribution in [2.45, 2.75) is 57.5 Å². The zero-order valence-corrected chi connectivity index (χ0v) is 16.0. The first-order valence-corrected chi connectivity index (χ1v) is 9.53. The Morgan fingerprint density at radius 2 is 1.68 bits per heavy atom. The third kappa shape index (κ3) is 6.13. The Hall–Kier alpha value is -1.93. The number of carbonyl (C=O) groups is 2. The second kappa shape index (κ2) is 7.97. The van der Waals surface area contributed by atoms with Crippen molar-refractivity contribution in [1.29, 1.82) is 0 Å². The summed E-state index contributed by atoms with van der Waals surface area (Å²) in [5, 5.41) is 11.7. The third-order valence-electron chi connectivity index (χ3n) is 3.63. The van der Waals surface area contributed by atoms with Gasteiger partial charge in [-0.1, -0.05) is 20.3 Å². The van der Waals surface area contributed by atoms with Crippen LogP contribution in [-0.2, 0) is 14.8 Å². The van der Waals surface area contributed by atoms with Gasteiger partial charge in [0.05, 0.1) is 4.90 Å². The van der Waals surface area contributed by atoms with Gasteiger partial charge in [-0.05, 0) is 51.0 Å². The van der Waals surface area contributed by atoms with Crippen molar-refractivity contribution in [2.24, 2.45) is 5.92 Å². The lowest BCUT2D eigenvalue weighted by atomic mass is 9.99. The Morgan fingerprint density at radius 3 is 2.08 bits per heavy atom. The molecule has 0 saturated heterocycles. The molecule has 140 valence electrons. The zero-order valence-electron chi connectivity index (χ0n) is 15.2. The largest absolute Gasteiger partial charge is 0.480 e. The van der Waals surface area contributed by atoms with Gasteiger partial charge in [-0.15, -0.1) is 0 Å². The summed E-state index contributed by atoms with van der Waals surface area (Å²) in [6.07, 6.45) is 0.604. The Morgan fingerprint density at radius 1 is 1.16 bits per heavy atom. The number of carboxylic acids is 1. The molecule has 0 aliphatic rings. The van der Waals surface area contributed by atoms with E-state index >= 15 is 0 Å². The highest BCUT2D eigenvalue weighted by molar-refractivity contribution is 7.89. The van der Waals surface area contributed by atoms with Gasteiger partial charge in [-0.2, -0.15) is 0 Å². The number of aliphatic carboxylic acids is 1. The Balaban J connectivity index is 2.95. The van der Waals surface area contributed by atoms with Gasteiger partial charge in [0, 0.05) is 11.1 Å². The van der Waals surface area contributed by atoms with Crippen LogP contribution in [0.5, 0.6) is 0 Å².